The Labute approximate surface area is 310 Å². The zero-order valence-corrected chi connectivity index (χ0v) is 29.8. The van der Waals surface area contributed by atoms with Gasteiger partial charge in [0.25, 0.3) is 0 Å². The van der Waals surface area contributed by atoms with Gasteiger partial charge in [0.05, 0.1) is 12.7 Å². The highest BCUT2D eigenvalue weighted by Gasteiger charge is 2.53. The molecule has 2 aromatic carbocycles. The summed E-state index contributed by atoms with van der Waals surface area (Å²) in [6, 6.07) is 5.12. The van der Waals surface area contributed by atoms with Crippen molar-refractivity contribution in [3.05, 3.63) is 40.6 Å². The Kier molecular flexibility index (Phi) is 12.1. The molecule has 6 N–H and O–H groups in total. The molecular formula is C35H38O20. The third-order valence-electron chi connectivity index (χ3n) is 8.39. The summed E-state index contributed by atoms with van der Waals surface area (Å²) in [5.41, 5.74) is -1.51. The van der Waals surface area contributed by atoms with Gasteiger partial charge in [-0.05, 0) is 25.1 Å². The van der Waals surface area contributed by atoms with Gasteiger partial charge in [0.1, 0.15) is 40.8 Å². The lowest BCUT2D eigenvalue weighted by Gasteiger charge is -2.44. The van der Waals surface area contributed by atoms with Gasteiger partial charge in [0.15, 0.2) is 48.0 Å². The van der Waals surface area contributed by atoms with E-state index in [1.165, 1.54) is 13.0 Å². The summed E-state index contributed by atoms with van der Waals surface area (Å²) in [6.07, 6.45) is -16.2. The van der Waals surface area contributed by atoms with Gasteiger partial charge in [-0.1, -0.05) is 0 Å². The van der Waals surface area contributed by atoms with Crippen LogP contribution in [0.5, 0.6) is 28.7 Å². The Morgan fingerprint density at radius 1 is 0.691 bits per heavy atom. The molecule has 0 saturated carbocycles. The van der Waals surface area contributed by atoms with Crippen molar-refractivity contribution >= 4 is 34.8 Å². The van der Waals surface area contributed by atoms with Gasteiger partial charge in [-0.2, -0.15) is 0 Å². The van der Waals surface area contributed by atoms with Crippen molar-refractivity contribution < 1.29 is 92.1 Å². The van der Waals surface area contributed by atoms with Crippen molar-refractivity contribution in [1.29, 1.82) is 0 Å². The van der Waals surface area contributed by atoms with Crippen LogP contribution >= 0.6 is 0 Å². The van der Waals surface area contributed by atoms with Crippen molar-refractivity contribution in [3.8, 4) is 40.1 Å². The fraction of sp³-hybridized carbons (Fsp3) is 0.457. The molecule has 20 heteroatoms. The molecule has 2 saturated heterocycles. The lowest BCUT2D eigenvalue weighted by atomic mass is 9.97. The number of phenolic OH excluding ortho intramolecular Hbond substituents is 4. The van der Waals surface area contributed by atoms with Crippen molar-refractivity contribution in [2.24, 2.45) is 0 Å². The van der Waals surface area contributed by atoms with Crippen LogP contribution in [0.2, 0.25) is 0 Å². The van der Waals surface area contributed by atoms with Crippen LogP contribution < -0.4 is 10.2 Å². The number of ether oxygens (including phenoxy) is 8. The highest BCUT2D eigenvalue weighted by molar-refractivity contribution is 5.88. The molecular weight excluding hydrogens is 740 g/mol. The third-order valence-corrected chi connectivity index (χ3v) is 8.39. The van der Waals surface area contributed by atoms with E-state index in [1.54, 1.807) is 0 Å². The number of aliphatic hydroxyl groups is 2. The molecule has 5 rings (SSSR count). The van der Waals surface area contributed by atoms with E-state index >= 15 is 0 Å². The number of fused-ring (bicyclic) bond motifs is 1. The summed E-state index contributed by atoms with van der Waals surface area (Å²) in [5, 5.41) is 62.9. The summed E-state index contributed by atoms with van der Waals surface area (Å²) in [6.45, 7) is 4.85. The maximum atomic E-state index is 14.0. The van der Waals surface area contributed by atoms with E-state index in [0.717, 1.165) is 52.0 Å². The Bertz CT molecular complexity index is 2010. The molecule has 2 aliphatic heterocycles. The SMILES string of the molecule is CC(=O)O[C@@H]1[C@@H](O)[C@@H](OC(C)=O)[C@@H](OC[C@H]2O[C@@H](Oc3c(-c4ccc(O)c(O)c4)oc4cc(O)cc(O)c4c3=O)[C@H](OC(C)=O)[C@@H](O)[C@H]2OC(C)=O)O[C@H]1C. The predicted molar refractivity (Wildman–Crippen MR) is 178 cm³/mol. The van der Waals surface area contributed by atoms with Crippen LogP contribution in [0, 0.1) is 0 Å². The topological polar surface area (TPSA) is 294 Å². The number of phenols is 4. The van der Waals surface area contributed by atoms with Crippen LogP contribution in [0.1, 0.15) is 34.6 Å². The van der Waals surface area contributed by atoms with Gasteiger partial charge in [0, 0.05) is 45.4 Å². The third kappa shape index (κ3) is 8.84. The van der Waals surface area contributed by atoms with Crippen LogP contribution in [0.25, 0.3) is 22.3 Å². The van der Waals surface area contributed by atoms with E-state index in [1.807, 2.05) is 0 Å². The molecule has 0 aliphatic carbocycles. The largest absolute Gasteiger partial charge is 0.508 e. The summed E-state index contributed by atoms with van der Waals surface area (Å²) >= 11 is 0. The second-order valence-electron chi connectivity index (χ2n) is 12.6. The number of rotatable bonds is 10. The maximum absolute atomic E-state index is 14.0. The number of aromatic hydroxyl groups is 4. The molecule has 2 aliphatic rings. The predicted octanol–water partition coefficient (Wildman–Crippen LogP) is 0.596. The van der Waals surface area contributed by atoms with Gasteiger partial charge in [-0.15, -0.1) is 0 Å². The minimum absolute atomic E-state index is 0.0871. The molecule has 0 unspecified atom stereocenters. The highest BCUT2D eigenvalue weighted by atomic mass is 16.8. The molecule has 3 heterocycles. The van der Waals surface area contributed by atoms with Crippen LogP contribution in [-0.4, -0.2) is 123 Å². The van der Waals surface area contributed by atoms with E-state index in [4.69, 9.17) is 42.3 Å². The fourth-order valence-corrected chi connectivity index (χ4v) is 6.11. The monoisotopic (exact) mass is 778 g/mol. The van der Waals surface area contributed by atoms with Crippen LogP contribution in [0.4, 0.5) is 0 Å². The molecule has 55 heavy (non-hydrogen) atoms. The second-order valence-corrected chi connectivity index (χ2v) is 12.6. The summed E-state index contributed by atoms with van der Waals surface area (Å²) in [5.74, 6) is -7.17. The zero-order valence-electron chi connectivity index (χ0n) is 29.8. The molecule has 10 atom stereocenters. The molecule has 1 aromatic heterocycles. The van der Waals surface area contributed by atoms with Crippen LogP contribution in [-0.2, 0) is 52.3 Å². The number of hydrogen-bond donors (Lipinski definition) is 6. The first-order chi connectivity index (χ1) is 25.9. The van der Waals surface area contributed by atoms with Gasteiger partial charge in [0.2, 0.25) is 17.5 Å². The van der Waals surface area contributed by atoms with Crippen molar-refractivity contribution in [2.75, 3.05) is 6.61 Å². The van der Waals surface area contributed by atoms with E-state index in [2.05, 4.69) is 0 Å². The first-order valence-electron chi connectivity index (χ1n) is 16.6. The Balaban J connectivity index is 1.56. The Hall–Kier alpha value is -5.67. The standard InChI is InChI=1S/C35H38O20/c1-12-28(49-13(2)36)26(45)32(51-15(4)38)34(48-12)47-11-23-30(50-14(3)37)27(46)33(52-16(5)39)35(54-23)55-31-25(44)24-21(43)9-18(40)10-22(24)53-29(31)17-6-7-19(41)20(42)8-17/h6-10,12,23,26-28,30,32-35,40-43,45-46H,11H2,1-5H3/t12-,23+,26+,27-,28-,30-,32+,33+,34-,35-/m0/s1. The number of esters is 4. The lowest BCUT2D eigenvalue weighted by molar-refractivity contribution is -0.322. The zero-order chi connectivity index (χ0) is 40.5. The Morgan fingerprint density at radius 3 is 1.85 bits per heavy atom. The van der Waals surface area contributed by atoms with Crippen LogP contribution in [0.3, 0.4) is 0 Å². The first-order valence-corrected chi connectivity index (χ1v) is 16.6. The summed E-state index contributed by atoms with van der Waals surface area (Å²) in [4.78, 5) is 62.2. The van der Waals surface area contributed by atoms with E-state index in [-0.39, 0.29) is 11.1 Å². The molecule has 3 aromatic rings. The number of benzene rings is 2. The van der Waals surface area contributed by atoms with Crippen molar-refractivity contribution in [1.82, 2.24) is 0 Å². The van der Waals surface area contributed by atoms with Gasteiger partial charge in [-0.25, -0.2) is 0 Å². The van der Waals surface area contributed by atoms with Gasteiger partial charge in [-0.3, -0.25) is 24.0 Å². The molecule has 0 amide bonds. The minimum atomic E-state index is -1.97. The van der Waals surface area contributed by atoms with Crippen LogP contribution in [0.15, 0.2) is 39.5 Å². The first kappa shape index (κ1) is 40.5. The average Bonchev–Trinajstić information content (AvgIpc) is 3.08. The van der Waals surface area contributed by atoms with Crippen molar-refractivity contribution in [3.63, 3.8) is 0 Å². The quantitative estimate of drug-likeness (QED) is 0.0933. The normalized spacial score (nSPS) is 27.8. The van der Waals surface area contributed by atoms with Gasteiger partial charge < -0.3 is 73.0 Å². The summed E-state index contributed by atoms with van der Waals surface area (Å²) < 4.78 is 50.5. The number of aliphatic hydroxyl groups excluding tert-OH is 2. The lowest BCUT2D eigenvalue weighted by Crippen LogP contribution is -2.64. The average molecular weight is 779 g/mol. The number of carbonyl (C=O) groups is 4. The molecule has 298 valence electrons. The fourth-order valence-electron chi connectivity index (χ4n) is 6.11. The highest BCUT2D eigenvalue weighted by Crippen LogP contribution is 2.40. The molecule has 0 radical (unpaired) electrons. The van der Waals surface area contributed by atoms with E-state index in [0.29, 0.717) is 0 Å². The molecule has 0 bridgehead atoms. The molecule has 2 fully saturated rings. The molecule has 20 nitrogen and oxygen atoms in total. The summed E-state index contributed by atoms with van der Waals surface area (Å²) in [7, 11) is 0. The minimum Gasteiger partial charge on any atom is -0.508 e. The van der Waals surface area contributed by atoms with E-state index in [9.17, 15) is 54.6 Å². The Morgan fingerprint density at radius 2 is 1.25 bits per heavy atom. The van der Waals surface area contributed by atoms with E-state index < -0.39 is 137 Å². The number of carbonyl (C=O) groups excluding carboxylic acids is 4. The van der Waals surface area contributed by atoms with Crippen molar-refractivity contribution in [2.45, 2.75) is 96.0 Å². The maximum Gasteiger partial charge on any atom is 0.303 e. The second kappa shape index (κ2) is 16.4. The molecule has 0 spiro atoms. The van der Waals surface area contributed by atoms with Gasteiger partial charge >= 0.3 is 23.9 Å². The number of hydrogen-bond acceptors (Lipinski definition) is 20. The smallest absolute Gasteiger partial charge is 0.303 e.